The minimum Gasteiger partial charge on any atom is -0.540 e. The molecule has 4 aliphatic carbocycles. The summed E-state index contributed by atoms with van der Waals surface area (Å²) in [6.45, 7) is 5.96. The smallest absolute Gasteiger partial charge is 0.540 e. The van der Waals surface area contributed by atoms with E-state index in [4.69, 9.17) is 4.74 Å². The average Bonchev–Trinajstić information content (AvgIpc) is 3.07. The van der Waals surface area contributed by atoms with Crippen LogP contribution in [0.4, 0.5) is 4.39 Å². The Labute approximate surface area is 240 Å². The zero-order chi connectivity index (χ0) is 26.1. The number of hydrogen-bond donors (Lipinski definition) is 2. The average molecular weight is 523 g/mol. The number of esters is 1. The first-order valence-corrected chi connectivity index (χ1v) is 13.1. The Bertz CT molecular complexity index is 1080. The fraction of sp³-hybridized carbons (Fsp3) is 0.655. The van der Waals surface area contributed by atoms with Gasteiger partial charge in [0, 0.05) is 29.6 Å². The predicted octanol–water partition coefficient (Wildman–Crippen LogP) is 1.61. The summed E-state index contributed by atoms with van der Waals surface area (Å²) < 4.78 is 23.5. The van der Waals surface area contributed by atoms with Crippen LogP contribution in [-0.2, 0) is 14.3 Å². The van der Waals surface area contributed by atoms with Crippen LogP contribution >= 0.6 is 0 Å². The number of ketones is 2. The van der Waals surface area contributed by atoms with Gasteiger partial charge in [-0.15, -0.1) is 0 Å². The van der Waals surface area contributed by atoms with E-state index in [1.165, 1.54) is 0 Å². The van der Waals surface area contributed by atoms with E-state index < -0.39 is 51.8 Å². The molecule has 0 aromatic heterocycles. The Balaban J connectivity index is 0.00000320. The number of benzene rings is 1. The molecule has 8 heteroatoms. The van der Waals surface area contributed by atoms with Gasteiger partial charge in [0.15, 0.2) is 5.60 Å². The van der Waals surface area contributed by atoms with Crippen molar-refractivity contribution in [2.75, 3.05) is 0 Å². The second-order valence-corrected chi connectivity index (χ2v) is 12.2. The van der Waals surface area contributed by atoms with Gasteiger partial charge in [0.25, 0.3) is 0 Å². The maximum Gasteiger partial charge on any atom is 1.00 e. The Hall–Kier alpha value is -1.25. The Morgan fingerprint density at radius 3 is 2.43 bits per heavy atom. The summed E-state index contributed by atoms with van der Waals surface area (Å²) in [6, 6.07) is 8.35. The number of carbonyl (C=O) groups is 3. The third-order valence-corrected chi connectivity index (χ3v) is 10.8. The molecule has 37 heavy (non-hydrogen) atoms. The zero-order valence-corrected chi connectivity index (χ0v) is 24.2. The summed E-state index contributed by atoms with van der Waals surface area (Å²) in [5, 5.41) is 21.5. The Morgan fingerprint density at radius 2 is 1.78 bits per heavy atom. The number of aliphatic hydroxyl groups is 2. The number of carbonyl (C=O) groups excluding carboxylic acids is 3. The molecule has 1 aromatic rings. The number of rotatable bonds is 4. The Kier molecular flexibility index (Phi) is 7.57. The summed E-state index contributed by atoms with van der Waals surface area (Å²) in [7, 11) is 0. The standard InChI is InChI=1S/C29H36FO6.Na/c1-17-13-22-21-10-9-19-14-20(32)11-12-26(19,2)28(21,30)23(33)15-27(22,3)29(17,24(34)16-31)36-25(35)18-7-5-4-6-8-18;/h4-8,16-17,19,21-23,31,33H,9-15H2,1-3H3;/q-1;+1/t17-,19-,21-,22-,23-,26-,27-,28-,29+;/m0./s1. The van der Waals surface area contributed by atoms with Gasteiger partial charge in [-0.2, -0.15) is 0 Å². The Morgan fingerprint density at radius 1 is 1.11 bits per heavy atom. The van der Waals surface area contributed by atoms with Gasteiger partial charge in [0.2, 0.25) is 0 Å². The van der Waals surface area contributed by atoms with Crippen LogP contribution < -0.4 is 29.6 Å². The maximum absolute atomic E-state index is 17.4. The van der Waals surface area contributed by atoms with Gasteiger partial charge in [0.1, 0.15) is 11.5 Å². The number of fused-ring (bicyclic) bond motifs is 5. The van der Waals surface area contributed by atoms with Gasteiger partial charge in [-0.25, -0.2) is 15.8 Å². The molecule has 0 radical (unpaired) electrons. The van der Waals surface area contributed by atoms with E-state index in [0.717, 1.165) is 0 Å². The van der Waals surface area contributed by atoms with Crippen LogP contribution in [0.25, 0.3) is 0 Å². The summed E-state index contributed by atoms with van der Waals surface area (Å²) in [6.07, 6.45) is 1.20. The predicted molar refractivity (Wildman–Crippen MR) is 129 cm³/mol. The third-order valence-electron chi connectivity index (χ3n) is 10.8. The molecule has 0 heterocycles. The summed E-state index contributed by atoms with van der Waals surface area (Å²) in [5.74, 6) is -2.77. The summed E-state index contributed by atoms with van der Waals surface area (Å²) >= 11 is 0. The molecule has 1 aromatic carbocycles. The molecule has 0 spiro atoms. The first-order chi connectivity index (χ1) is 17.0. The first-order valence-electron chi connectivity index (χ1n) is 13.1. The molecule has 5 rings (SSSR count). The van der Waals surface area contributed by atoms with Crippen molar-refractivity contribution < 1.29 is 63.3 Å². The van der Waals surface area contributed by atoms with Gasteiger partial charge >= 0.3 is 35.5 Å². The van der Waals surface area contributed by atoms with Gasteiger partial charge in [-0.3, -0.25) is 4.79 Å². The van der Waals surface area contributed by atoms with Crippen molar-refractivity contribution in [1.29, 1.82) is 0 Å². The van der Waals surface area contributed by atoms with Crippen LogP contribution in [0.1, 0.15) is 76.1 Å². The first kappa shape index (κ1) is 28.8. The largest absolute Gasteiger partial charge is 1.00 e. The number of ether oxygens (including phenoxy) is 1. The van der Waals surface area contributed by atoms with E-state index in [2.05, 4.69) is 0 Å². The van der Waals surface area contributed by atoms with E-state index >= 15 is 4.39 Å². The van der Waals surface area contributed by atoms with Crippen LogP contribution in [0.5, 0.6) is 0 Å². The molecule has 196 valence electrons. The van der Waals surface area contributed by atoms with Crippen molar-refractivity contribution in [2.45, 2.75) is 83.1 Å². The van der Waals surface area contributed by atoms with E-state index in [9.17, 15) is 24.6 Å². The van der Waals surface area contributed by atoms with Crippen molar-refractivity contribution in [2.24, 2.45) is 34.5 Å². The number of hydrogen-bond acceptors (Lipinski definition) is 6. The molecule has 0 aliphatic heterocycles. The SMILES string of the molecule is C[C@H]1C[C@H]2[C@@H]3CC[C@H]4CC(=O)CC[C@]4(C)[C@@]3(F)[C@@H](O)C[C@]2(C)[C@]1(OC(=O)c1ccccc1)C(=O)[CH-]O.[Na+]. The van der Waals surface area contributed by atoms with Crippen molar-refractivity contribution in [3.63, 3.8) is 0 Å². The maximum atomic E-state index is 17.4. The third kappa shape index (κ3) is 3.75. The molecule has 0 unspecified atom stereocenters. The van der Waals surface area contributed by atoms with Crippen molar-refractivity contribution >= 4 is 17.5 Å². The molecule has 9 atom stereocenters. The summed E-state index contributed by atoms with van der Waals surface area (Å²) in [4.78, 5) is 38.9. The van der Waals surface area contributed by atoms with Gasteiger partial charge < -0.3 is 19.7 Å². The number of halogens is 1. The number of alkyl halides is 1. The van der Waals surface area contributed by atoms with Gasteiger partial charge in [0.05, 0.1) is 17.5 Å². The van der Waals surface area contributed by atoms with Crippen LogP contribution in [0.2, 0.25) is 0 Å². The monoisotopic (exact) mass is 522 g/mol. The van der Waals surface area contributed by atoms with Crippen LogP contribution in [0.3, 0.4) is 0 Å². The van der Waals surface area contributed by atoms with Crippen LogP contribution in [0, 0.1) is 41.1 Å². The fourth-order valence-electron chi connectivity index (χ4n) is 9.04. The zero-order valence-electron chi connectivity index (χ0n) is 22.2. The number of Topliss-reactive ketones (excluding diaryl/α,β-unsaturated/α-hetero) is 2. The topological polar surface area (TPSA) is 101 Å². The molecule has 2 N–H and O–H groups in total. The molecule has 4 saturated carbocycles. The molecular weight excluding hydrogens is 486 g/mol. The van der Waals surface area contributed by atoms with E-state index in [1.54, 1.807) is 30.3 Å². The molecule has 0 saturated heterocycles. The van der Waals surface area contributed by atoms with Crippen molar-refractivity contribution in [1.82, 2.24) is 0 Å². The van der Waals surface area contributed by atoms with Crippen molar-refractivity contribution in [3.05, 3.63) is 42.5 Å². The normalized spacial score (nSPS) is 44.5. The number of aliphatic hydroxyl groups excluding tert-OH is 2. The molecule has 6 nitrogen and oxygen atoms in total. The molecule has 4 aliphatic rings. The van der Waals surface area contributed by atoms with Crippen LogP contribution in [-0.4, -0.2) is 45.1 Å². The van der Waals surface area contributed by atoms with Gasteiger partial charge in [-0.05, 0) is 62.0 Å². The fourth-order valence-corrected chi connectivity index (χ4v) is 9.04. The second-order valence-electron chi connectivity index (χ2n) is 12.2. The van der Waals surface area contributed by atoms with Crippen LogP contribution in [0.15, 0.2) is 30.3 Å². The minimum absolute atomic E-state index is 0. The molecular formula is C29H36FNaO6. The van der Waals surface area contributed by atoms with E-state index in [1.807, 2.05) is 20.8 Å². The minimum atomic E-state index is -1.91. The molecule has 4 fully saturated rings. The quantitative estimate of drug-likeness (QED) is 0.354. The van der Waals surface area contributed by atoms with Crippen molar-refractivity contribution in [3.8, 4) is 0 Å². The van der Waals surface area contributed by atoms with Gasteiger partial charge in [-0.1, -0.05) is 39.0 Å². The second kappa shape index (κ2) is 9.74. The summed E-state index contributed by atoms with van der Waals surface area (Å²) in [5.41, 5.74) is -5.29. The molecule has 0 amide bonds. The van der Waals surface area contributed by atoms with E-state index in [0.29, 0.717) is 45.1 Å². The molecule has 0 bridgehead atoms. The van der Waals surface area contributed by atoms with E-state index in [-0.39, 0.29) is 59.2 Å².